The average Bonchev–Trinajstić information content (AvgIpc) is 3.10. The van der Waals surface area contributed by atoms with Crippen LogP contribution in [0.15, 0.2) is 58.4 Å². The quantitative estimate of drug-likeness (QED) is 0.677. The summed E-state index contributed by atoms with van der Waals surface area (Å²) < 4.78 is 5.88. The molecule has 1 amide bonds. The highest BCUT2D eigenvalue weighted by Gasteiger charge is 2.29. The van der Waals surface area contributed by atoms with Crippen LogP contribution < -0.4 is 9.64 Å². The van der Waals surface area contributed by atoms with E-state index in [1.807, 2.05) is 44.2 Å². The van der Waals surface area contributed by atoms with Crippen molar-refractivity contribution in [3.63, 3.8) is 0 Å². The number of rotatable bonds is 4. The van der Waals surface area contributed by atoms with Gasteiger partial charge in [-0.25, -0.2) is 0 Å². The Kier molecular flexibility index (Phi) is 6.13. The Morgan fingerprint density at radius 2 is 1.67 bits per heavy atom. The molecular formula is C24H27N3O2S. The summed E-state index contributed by atoms with van der Waals surface area (Å²) in [4.78, 5) is 22.1. The van der Waals surface area contributed by atoms with Crippen LogP contribution in [0.4, 0.5) is 5.69 Å². The minimum atomic E-state index is -0.171. The number of aliphatic imine (C=N–C) groups is 1. The fourth-order valence-electron chi connectivity index (χ4n) is 3.69. The summed E-state index contributed by atoms with van der Waals surface area (Å²) in [5.74, 6) is 0.615. The van der Waals surface area contributed by atoms with Crippen molar-refractivity contribution in [2.24, 2.45) is 4.99 Å². The third kappa shape index (κ3) is 4.54. The van der Waals surface area contributed by atoms with Crippen LogP contribution in [-0.4, -0.2) is 48.3 Å². The molecule has 0 unspecified atom stereocenters. The van der Waals surface area contributed by atoms with Crippen molar-refractivity contribution in [3.05, 3.63) is 64.6 Å². The molecule has 6 heteroatoms. The fourth-order valence-corrected chi connectivity index (χ4v) is 4.65. The topological polar surface area (TPSA) is 45.1 Å². The number of amidine groups is 1. The van der Waals surface area contributed by atoms with Crippen molar-refractivity contribution in [2.45, 2.75) is 26.9 Å². The Balaban J connectivity index is 1.43. The monoisotopic (exact) mass is 421 g/mol. The predicted molar refractivity (Wildman–Crippen MR) is 125 cm³/mol. The molecule has 156 valence electrons. The van der Waals surface area contributed by atoms with Gasteiger partial charge < -0.3 is 14.5 Å². The van der Waals surface area contributed by atoms with Crippen molar-refractivity contribution < 1.29 is 9.53 Å². The lowest BCUT2D eigenvalue weighted by atomic mass is 10.1. The maximum Gasteiger partial charge on any atom is 0.286 e. The summed E-state index contributed by atoms with van der Waals surface area (Å²) in [6.45, 7) is 9.69. The number of benzene rings is 2. The summed E-state index contributed by atoms with van der Waals surface area (Å²) in [7, 11) is 0. The zero-order valence-corrected chi connectivity index (χ0v) is 18.5. The SMILES string of the molecule is Cc1ccccc1N1CCN(C2=NC(=O)/C(=C\c3ccccc3OC(C)C)S2)CC1. The Morgan fingerprint density at radius 3 is 2.40 bits per heavy atom. The van der Waals surface area contributed by atoms with E-state index >= 15 is 0 Å². The maximum absolute atomic E-state index is 12.5. The number of hydrogen-bond acceptors (Lipinski definition) is 5. The fraction of sp³-hybridized carbons (Fsp3) is 0.333. The van der Waals surface area contributed by atoms with Gasteiger partial charge in [0.25, 0.3) is 5.91 Å². The van der Waals surface area contributed by atoms with Crippen molar-refractivity contribution >= 4 is 34.6 Å². The second kappa shape index (κ2) is 8.96. The second-order valence-corrected chi connectivity index (χ2v) is 8.78. The van der Waals surface area contributed by atoms with Crippen LogP contribution in [-0.2, 0) is 4.79 Å². The van der Waals surface area contributed by atoms with E-state index in [4.69, 9.17) is 4.74 Å². The first-order valence-electron chi connectivity index (χ1n) is 10.3. The van der Waals surface area contributed by atoms with E-state index < -0.39 is 0 Å². The van der Waals surface area contributed by atoms with Crippen molar-refractivity contribution in [3.8, 4) is 5.75 Å². The zero-order valence-electron chi connectivity index (χ0n) is 17.7. The minimum absolute atomic E-state index is 0.0767. The van der Waals surface area contributed by atoms with E-state index in [0.29, 0.717) is 4.91 Å². The Morgan fingerprint density at radius 1 is 1.00 bits per heavy atom. The number of amides is 1. The highest BCUT2D eigenvalue weighted by molar-refractivity contribution is 8.18. The molecule has 30 heavy (non-hydrogen) atoms. The standard InChI is InChI=1S/C24H27N3O2S/c1-17(2)29-21-11-7-5-9-19(21)16-22-23(28)25-24(30-22)27-14-12-26(13-15-27)20-10-6-4-8-18(20)3/h4-11,16-17H,12-15H2,1-3H3/b22-16+. The number of nitrogens with zero attached hydrogens (tertiary/aromatic N) is 3. The van der Waals surface area contributed by atoms with Crippen LogP contribution in [0, 0.1) is 6.92 Å². The molecule has 5 nitrogen and oxygen atoms in total. The third-order valence-electron chi connectivity index (χ3n) is 5.18. The van der Waals surface area contributed by atoms with Crippen molar-refractivity contribution in [1.29, 1.82) is 0 Å². The van der Waals surface area contributed by atoms with Crippen LogP contribution >= 0.6 is 11.8 Å². The first-order chi connectivity index (χ1) is 14.5. The maximum atomic E-state index is 12.5. The Labute approximate surface area is 182 Å². The molecule has 4 rings (SSSR count). The van der Waals surface area contributed by atoms with Crippen LogP contribution in [0.2, 0.25) is 0 Å². The molecule has 2 aromatic carbocycles. The summed E-state index contributed by atoms with van der Waals surface area (Å²) in [5.41, 5.74) is 3.49. The largest absolute Gasteiger partial charge is 0.490 e. The molecule has 2 aliphatic rings. The van der Waals surface area contributed by atoms with E-state index in [1.54, 1.807) is 0 Å². The molecule has 0 saturated carbocycles. The molecule has 0 aromatic heterocycles. The van der Waals surface area contributed by atoms with Gasteiger partial charge in [0.2, 0.25) is 0 Å². The second-order valence-electron chi connectivity index (χ2n) is 7.78. The van der Waals surface area contributed by atoms with E-state index in [2.05, 4.69) is 46.0 Å². The van der Waals surface area contributed by atoms with Crippen molar-refractivity contribution in [2.75, 3.05) is 31.1 Å². The molecule has 0 atom stereocenters. The van der Waals surface area contributed by atoms with Gasteiger partial charge in [-0.05, 0) is 56.3 Å². The van der Waals surface area contributed by atoms with E-state index in [-0.39, 0.29) is 12.0 Å². The first-order valence-corrected chi connectivity index (χ1v) is 11.2. The van der Waals surface area contributed by atoms with Crippen LogP contribution in [0.1, 0.15) is 25.0 Å². The number of carbonyl (C=O) groups is 1. The number of piperazine rings is 1. The predicted octanol–water partition coefficient (Wildman–Crippen LogP) is 4.57. The van der Waals surface area contributed by atoms with Gasteiger partial charge >= 0.3 is 0 Å². The number of carbonyl (C=O) groups excluding carboxylic acids is 1. The lowest BCUT2D eigenvalue weighted by Crippen LogP contribution is -2.48. The Bertz CT molecular complexity index is 991. The van der Waals surface area contributed by atoms with Gasteiger partial charge in [-0.2, -0.15) is 4.99 Å². The van der Waals surface area contributed by atoms with Gasteiger partial charge in [-0.15, -0.1) is 0 Å². The third-order valence-corrected chi connectivity index (χ3v) is 6.23. The van der Waals surface area contributed by atoms with Gasteiger partial charge in [0, 0.05) is 37.4 Å². The normalized spacial score (nSPS) is 18.3. The molecule has 1 saturated heterocycles. The smallest absolute Gasteiger partial charge is 0.286 e. The molecular weight excluding hydrogens is 394 g/mol. The number of anilines is 1. The van der Waals surface area contributed by atoms with Crippen LogP contribution in [0.3, 0.4) is 0 Å². The zero-order chi connectivity index (χ0) is 21.1. The molecule has 2 heterocycles. The number of para-hydroxylation sites is 2. The number of ether oxygens (including phenoxy) is 1. The summed E-state index contributed by atoms with van der Waals surface area (Å²) >= 11 is 1.46. The van der Waals surface area contributed by atoms with Gasteiger partial charge in [0.1, 0.15) is 5.75 Å². The summed E-state index contributed by atoms with van der Waals surface area (Å²) in [5, 5.41) is 0.804. The molecule has 0 spiro atoms. The van der Waals surface area contributed by atoms with E-state index in [0.717, 1.165) is 42.7 Å². The van der Waals surface area contributed by atoms with Gasteiger partial charge in [-0.3, -0.25) is 4.79 Å². The summed E-state index contributed by atoms with van der Waals surface area (Å²) in [6, 6.07) is 16.3. The van der Waals surface area contributed by atoms with Crippen LogP contribution in [0.25, 0.3) is 6.08 Å². The van der Waals surface area contributed by atoms with Gasteiger partial charge in [0.05, 0.1) is 11.0 Å². The summed E-state index contributed by atoms with van der Waals surface area (Å²) in [6.07, 6.45) is 1.97. The molecule has 2 aliphatic heterocycles. The van der Waals surface area contributed by atoms with E-state index in [1.165, 1.54) is 23.0 Å². The lowest BCUT2D eigenvalue weighted by molar-refractivity contribution is -0.113. The average molecular weight is 422 g/mol. The number of hydrogen-bond donors (Lipinski definition) is 0. The Hall–Kier alpha value is -2.73. The first kappa shape index (κ1) is 20.5. The molecule has 0 bridgehead atoms. The lowest BCUT2D eigenvalue weighted by Gasteiger charge is -2.37. The molecule has 2 aromatic rings. The highest BCUT2D eigenvalue weighted by Crippen LogP contribution is 2.33. The number of thioether (sulfide) groups is 1. The molecule has 0 N–H and O–H groups in total. The van der Waals surface area contributed by atoms with Crippen LogP contribution in [0.5, 0.6) is 5.75 Å². The van der Waals surface area contributed by atoms with Gasteiger partial charge in [0.15, 0.2) is 5.17 Å². The molecule has 1 fully saturated rings. The van der Waals surface area contributed by atoms with E-state index in [9.17, 15) is 4.79 Å². The molecule has 0 radical (unpaired) electrons. The van der Waals surface area contributed by atoms with Crippen molar-refractivity contribution in [1.82, 2.24) is 4.90 Å². The molecule has 0 aliphatic carbocycles. The minimum Gasteiger partial charge on any atom is -0.490 e. The van der Waals surface area contributed by atoms with Gasteiger partial charge in [-0.1, -0.05) is 36.4 Å². The highest BCUT2D eigenvalue weighted by atomic mass is 32.2. The number of aryl methyl sites for hydroxylation is 1.